The van der Waals surface area contributed by atoms with E-state index in [4.69, 9.17) is 10.5 Å². The summed E-state index contributed by atoms with van der Waals surface area (Å²) in [6, 6.07) is 6.63. The van der Waals surface area contributed by atoms with Crippen LogP contribution in [0.25, 0.3) is 0 Å². The van der Waals surface area contributed by atoms with Crippen LogP contribution in [0.1, 0.15) is 6.92 Å². The molecule has 0 aliphatic rings. The van der Waals surface area contributed by atoms with Gasteiger partial charge in [-0.25, -0.2) is 0 Å². The monoisotopic (exact) mass is 270 g/mol. The van der Waals surface area contributed by atoms with Crippen molar-refractivity contribution in [1.82, 2.24) is 5.32 Å². The first-order valence-corrected chi connectivity index (χ1v) is 6.87. The lowest BCUT2D eigenvalue weighted by molar-refractivity contribution is -0.119. The van der Waals surface area contributed by atoms with Crippen LogP contribution < -0.4 is 11.1 Å². The minimum atomic E-state index is -1.38. The third-order valence-corrected chi connectivity index (χ3v) is 3.51. The summed E-state index contributed by atoms with van der Waals surface area (Å²) in [6.07, 6.45) is 0. The molecule has 5 nitrogen and oxygen atoms in total. The fourth-order valence-electron chi connectivity index (χ4n) is 1.47. The summed E-state index contributed by atoms with van der Waals surface area (Å²) in [4.78, 5) is 12.2. The Morgan fingerprint density at radius 3 is 2.89 bits per heavy atom. The largest absolute Gasteiger partial charge is 0.399 e. The number of anilines is 1. The number of benzene rings is 1. The Hall–Kier alpha value is -1.40. The van der Waals surface area contributed by atoms with Gasteiger partial charge >= 0.3 is 0 Å². The number of hydrogen-bond acceptors (Lipinski definition) is 4. The molecule has 3 N–H and O–H groups in total. The molecule has 2 atom stereocenters. The molecule has 0 spiro atoms. The summed E-state index contributed by atoms with van der Waals surface area (Å²) in [7, 11) is 0.186. The van der Waals surface area contributed by atoms with E-state index < -0.39 is 10.8 Å². The molecule has 1 rings (SSSR count). The number of rotatable bonds is 6. The standard InChI is InChI=1S/C12H18N2O3S/c1-9(7-17-2)14-12(15)8-18(16)11-5-3-4-10(13)6-11/h3-6,9H,7-8,13H2,1-2H3,(H,14,15). The zero-order valence-electron chi connectivity index (χ0n) is 10.5. The Kier molecular flexibility index (Phi) is 5.80. The van der Waals surface area contributed by atoms with Gasteiger partial charge in [0.1, 0.15) is 5.75 Å². The predicted molar refractivity (Wildman–Crippen MR) is 71.6 cm³/mol. The first kappa shape index (κ1) is 14.7. The Balaban J connectivity index is 2.52. The molecule has 18 heavy (non-hydrogen) atoms. The molecule has 100 valence electrons. The maximum absolute atomic E-state index is 11.9. The Morgan fingerprint density at radius 2 is 2.28 bits per heavy atom. The van der Waals surface area contributed by atoms with Gasteiger partial charge in [0.2, 0.25) is 5.91 Å². The van der Waals surface area contributed by atoms with Crippen LogP contribution in [0.4, 0.5) is 5.69 Å². The molecule has 1 aromatic carbocycles. The molecule has 0 aromatic heterocycles. The van der Waals surface area contributed by atoms with Gasteiger partial charge in [-0.05, 0) is 25.1 Å². The van der Waals surface area contributed by atoms with E-state index in [1.165, 1.54) is 0 Å². The van der Waals surface area contributed by atoms with Gasteiger partial charge < -0.3 is 15.8 Å². The molecule has 0 heterocycles. The highest BCUT2D eigenvalue weighted by atomic mass is 32.2. The number of hydrogen-bond donors (Lipinski definition) is 2. The highest BCUT2D eigenvalue weighted by Gasteiger charge is 2.12. The molecule has 0 radical (unpaired) electrons. The van der Waals surface area contributed by atoms with Crippen LogP contribution in [0.2, 0.25) is 0 Å². The number of ether oxygens (including phenoxy) is 1. The maximum Gasteiger partial charge on any atom is 0.233 e. The van der Waals surface area contributed by atoms with Crippen molar-refractivity contribution in [2.24, 2.45) is 0 Å². The van der Waals surface area contributed by atoms with Crippen LogP contribution in [0, 0.1) is 0 Å². The van der Waals surface area contributed by atoms with Crippen molar-refractivity contribution >= 4 is 22.4 Å². The Morgan fingerprint density at radius 1 is 1.56 bits per heavy atom. The molecule has 0 aliphatic carbocycles. The van der Waals surface area contributed by atoms with Gasteiger partial charge in [-0.2, -0.15) is 0 Å². The first-order chi connectivity index (χ1) is 8.52. The highest BCUT2D eigenvalue weighted by Crippen LogP contribution is 2.11. The van der Waals surface area contributed by atoms with Gasteiger partial charge in [-0.3, -0.25) is 9.00 Å². The lowest BCUT2D eigenvalue weighted by atomic mass is 10.3. The lowest BCUT2D eigenvalue weighted by Gasteiger charge is -2.12. The van der Waals surface area contributed by atoms with E-state index in [0.29, 0.717) is 17.2 Å². The van der Waals surface area contributed by atoms with Gasteiger partial charge in [-0.1, -0.05) is 6.07 Å². The van der Waals surface area contributed by atoms with Gasteiger partial charge in [-0.15, -0.1) is 0 Å². The van der Waals surface area contributed by atoms with Gasteiger partial charge in [0.05, 0.1) is 17.4 Å². The molecular weight excluding hydrogens is 252 g/mol. The van der Waals surface area contributed by atoms with Crippen molar-refractivity contribution in [1.29, 1.82) is 0 Å². The summed E-state index contributed by atoms with van der Waals surface area (Å²) in [5.41, 5.74) is 6.13. The van der Waals surface area contributed by atoms with Crippen molar-refractivity contribution in [3.8, 4) is 0 Å². The van der Waals surface area contributed by atoms with Crippen molar-refractivity contribution < 1.29 is 13.7 Å². The zero-order valence-corrected chi connectivity index (χ0v) is 11.3. The minimum Gasteiger partial charge on any atom is -0.399 e. The second kappa shape index (κ2) is 7.13. The van der Waals surface area contributed by atoms with Gasteiger partial charge in [0.25, 0.3) is 0 Å². The van der Waals surface area contributed by atoms with E-state index in [0.717, 1.165) is 0 Å². The lowest BCUT2D eigenvalue weighted by Crippen LogP contribution is -2.38. The SMILES string of the molecule is COCC(C)NC(=O)CS(=O)c1cccc(N)c1. The summed E-state index contributed by atoms with van der Waals surface area (Å²) >= 11 is 0. The average molecular weight is 270 g/mol. The number of carbonyl (C=O) groups is 1. The quantitative estimate of drug-likeness (QED) is 0.739. The normalized spacial score (nSPS) is 13.9. The summed E-state index contributed by atoms with van der Waals surface area (Å²) in [5, 5.41) is 2.71. The molecule has 0 saturated heterocycles. The molecule has 1 aromatic rings. The molecule has 0 aliphatic heterocycles. The number of amides is 1. The fraction of sp³-hybridized carbons (Fsp3) is 0.417. The molecule has 0 saturated carbocycles. The van der Waals surface area contributed by atoms with E-state index in [9.17, 15) is 9.00 Å². The van der Waals surface area contributed by atoms with Gasteiger partial charge in [0, 0.05) is 23.7 Å². The van der Waals surface area contributed by atoms with E-state index in [-0.39, 0.29) is 17.7 Å². The second-order valence-corrected chi connectivity index (χ2v) is 5.44. The number of nitrogens with two attached hydrogens (primary N) is 1. The number of methoxy groups -OCH3 is 1. The van der Waals surface area contributed by atoms with E-state index in [1.54, 1.807) is 31.4 Å². The third-order valence-electron chi connectivity index (χ3n) is 2.21. The molecule has 1 amide bonds. The zero-order chi connectivity index (χ0) is 13.5. The van der Waals surface area contributed by atoms with Crippen molar-refractivity contribution in [3.05, 3.63) is 24.3 Å². The summed E-state index contributed by atoms with van der Waals surface area (Å²) in [6.45, 7) is 2.25. The maximum atomic E-state index is 11.9. The fourth-order valence-corrected chi connectivity index (χ4v) is 2.45. The molecular formula is C12H18N2O3S. The third kappa shape index (κ3) is 4.85. The smallest absolute Gasteiger partial charge is 0.233 e. The van der Waals surface area contributed by atoms with Crippen molar-refractivity contribution in [2.45, 2.75) is 17.9 Å². The van der Waals surface area contributed by atoms with Crippen LogP contribution in [0.15, 0.2) is 29.2 Å². The molecule has 2 unspecified atom stereocenters. The van der Waals surface area contributed by atoms with E-state index >= 15 is 0 Å². The van der Waals surface area contributed by atoms with Crippen LogP contribution in [0.5, 0.6) is 0 Å². The first-order valence-electron chi connectivity index (χ1n) is 5.55. The number of carbonyl (C=O) groups excluding carboxylic acids is 1. The molecule has 6 heteroatoms. The number of nitrogen functional groups attached to an aromatic ring is 1. The van der Waals surface area contributed by atoms with E-state index in [1.807, 2.05) is 6.92 Å². The minimum absolute atomic E-state index is 0.0719. The van der Waals surface area contributed by atoms with E-state index in [2.05, 4.69) is 5.32 Å². The topological polar surface area (TPSA) is 81.4 Å². The average Bonchev–Trinajstić information content (AvgIpc) is 2.28. The predicted octanol–water partition coefficient (Wildman–Crippen LogP) is 0.527. The number of nitrogens with one attached hydrogen (secondary N) is 1. The Bertz CT molecular complexity index is 437. The summed E-state index contributed by atoms with van der Waals surface area (Å²) in [5.74, 6) is -0.336. The van der Waals surface area contributed by atoms with Crippen molar-refractivity contribution in [2.75, 3.05) is 25.2 Å². The molecule has 0 bridgehead atoms. The summed E-state index contributed by atoms with van der Waals surface area (Å²) < 4.78 is 16.8. The van der Waals surface area contributed by atoms with Crippen LogP contribution >= 0.6 is 0 Å². The van der Waals surface area contributed by atoms with Crippen LogP contribution in [-0.4, -0.2) is 35.6 Å². The Labute approximate surface area is 109 Å². The highest BCUT2D eigenvalue weighted by molar-refractivity contribution is 7.85. The second-order valence-electron chi connectivity index (χ2n) is 3.99. The van der Waals surface area contributed by atoms with Crippen molar-refractivity contribution in [3.63, 3.8) is 0 Å². The van der Waals surface area contributed by atoms with Gasteiger partial charge in [0.15, 0.2) is 0 Å². The van der Waals surface area contributed by atoms with Crippen LogP contribution in [-0.2, 0) is 20.3 Å². The molecule has 0 fully saturated rings. The van der Waals surface area contributed by atoms with Crippen LogP contribution in [0.3, 0.4) is 0 Å².